The number of nitrogens with zero attached hydrogens (tertiary/aromatic N) is 2. The minimum Gasteiger partial charge on any atom is -0.493 e. The number of hydrogen-bond acceptors (Lipinski definition) is 7. The first kappa shape index (κ1) is 18.5. The molecule has 0 fully saturated rings. The van der Waals surface area contributed by atoms with Crippen molar-refractivity contribution in [3.8, 4) is 22.8 Å². The van der Waals surface area contributed by atoms with E-state index in [4.69, 9.17) is 31.5 Å². The normalized spacial score (nSPS) is 11.7. The molecule has 25 heavy (non-hydrogen) atoms. The highest BCUT2D eigenvalue weighted by molar-refractivity contribution is 6.33. The second-order valence-electron chi connectivity index (χ2n) is 4.88. The summed E-state index contributed by atoms with van der Waals surface area (Å²) in [5, 5.41) is 10.1. The van der Waals surface area contributed by atoms with Gasteiger partial charge in [0.15, 0.2) is 23.3 Å². The molecule has 1 amide bonds. The van der Waals surface area contributed by atoms with Crippen molar-refractivity contribution in [3.05, 3.63) is 22.8 Å². The second-order valence-corrected chi connectivity index (χ2v) is 5.29. The molecule has 1 unspecified atom stereocenters. The van der Waals surface area contributed by atoms with E-state index < -0.39 is 18.0 Å². The van der Waals surface area contributed by atoms with Gasteiger partial charge in [-0.15, -0.1) is 0 Å². The monoisotopic (exact) mass is 368 g/mol. The molecule has 0 aliphatic carbocycles. The number of hydrogen-bond donors (Lipinski definition) is 2. The first-order valence-electron chi connectivity index (χ1n) is 7.30. The number of esters is 1. The highest BCUT2D eigenvalue weighted by atomic mass is 35.5. The van der Waals surface area contributed by atoms with Crippen LogP contribution in [-0.4, -0.2) is 47.1 Å². The summed E-state index contributed by atoms with van der Waals surface area (Å²) >= 11 is 6.27. The van der Waals surface area contributed by atoms with Gasteiger partial charge in [0.25, 0.3) is 5.91 Å². The zero-order valence-corrected chi connectivity index (χ0v) is 14.6. The second kappa shape index (κ2) is 7.84. The van der Waals surface area contributed by atoms with Crippen LogP contribution in [0.3, 0.4) is 0 Å². The summed E-state index contributed by atoms with van der Waals surface area (Å²) in [6.07, 6.45) is -0.857. The Morgan fingerprint density at radius 3 is 2.64 bits per heavy atom. The van der Waals surface area contributed by atoms with Crippen molar-refractivity contribution in [1.82, 2.24) is 15.4 Å². The molecule has 3 N–H and O–H groups in total. The van der Waals surface area contributed by atoms with Crippen LogP contribution in [0.25, 0.3) is 11.3 Å². The number of aromatic amines is 1. The molecule has 1 atom stereocenters. The van der Waals surface area contributed by atoms with E-state index in [0.717, 1.165) is 0 Å². The van der Waals surface area contributed by atoms with Crippen molar-refractivity contribution in [2.24, 2.45) is 5.73 Å². The fourth-order valence-corrected chi connectivity index (χ4v) is 2.30. The Labute approximate surface area is 148 Å². The van der Waals surface area contributed by atoms with Gasteiger partial charge in [0.1, 0.15) is 5.69 Å². The molecule has 2 aromatic rings. The van der Waals surface area contributed by atoms with Gasteiger partial charge in [-0.1, -0.05) is 11.6 Å². The Bertz CT molecular complexity index is 792. The minimum absolute atomic E-state index is 0.0579. The molecule has 9 nitrogen and oxygen atoms in total. The molecular formula is C15H17ClN4O5. The number of ether oxygens (including phenoxy) is 3. The van der Waals surface area contributed by atoms with E-state index in [9.17, 15) is 9.59 Å². The lowest BCUT2D eigenvalue weighted by Gasteiger charge is -2.17. The average molecular weight is 369 g/mol. The fourth-order valence-electron chi connectivity index (χ4n) is 2.06. The maximum Gasteiger partial charge on any atom is 0.347 e. The number of amides is 1. The van der Waals surface area contributed by atoms with Crippen LogP contribution < -0.4 is 15.2 Å². The van der Waals surface area contributed by atoms with E-state index in [-0.39, 0.29) is 34.5 Å². The maximum absolute atomic E-state index is 11.7. The van der Waals surface area contributed by atoms with Crippen LogP contribution in [0.2, 0.25) is 5.02 Å². The molecular weight excluding hydrogens is 352 g/mol. The Morgan fingerprint density at radius 2 is 2.04 bits per heavy atom. The minimum atomic E-state index is -0.857. The highest BCUT2D eigenvalue weighted by Crippen LogP contribution is 2.39. The number of carbonyl (C=O) groups is 2. The lowest BCUT2D eigenvalue weighted by atomic mass is 10.1. The Balaban J connectivity index is 2.40. The zero-order chi connectivity index (χ0) is 18.6. The highest BCUT2D eigenvalue weighted by Gasteiger charge is 2.23. The number of benzene rings is 1. The number of rotatable bonds is 7. The SMILES string of the molecule is CCOC(=O)C(C)Oc1cc(Cl)c(-c2n[nH]nc2C(N)=O)cc1OC. The molecule has 0 spiro atoms. The van der Waals surface area contributed by atoms with E-state index in [1.54, 1.807) is 13.8 Å². The van der Waals surface area contributed by atoms with E-state index in [1.165, 1.54) is 19.2 Å². The first-order valence-corrected chi connectivity index (χ1v) is 7.68. The summed E-state index contributed by atoms with van der Waals surface area (Å²) < 4.78 is 15.7. The summed E-state index contributed by atoms with van der Waals surface area (Å²) in [6.45, 7) is 3.48. The van der Waals surface area contributed by atoms with Crippen LogP contribution in [-0.2, 0) is 9.53 Å². The molecule has 1 heterocycles. The number of nitrogens with one attached hydrogen (secondary N) is 1. The zero-order valence-electron chi connectivity index (χ0n) is 13.8. The largest absolute Gasteiger partial charge is 0.493 e. The quantitative estimate of drug-likeness (QED) is 0.709. The van der Waals surface area contributed by atoms with Gasteiger partial charge in [-0.25, -0.2) is 4.79 Å². The Hall–Kier alpha value is -2.81. The van der Waals surface area contributed by atoms with Gasteiger partial charge in [0.2, 0.25) is 0 Å². The van der Waals surface area contributed by atoms with Gasteiger partial charge in [0, 0.05) is 11.6 Å². The lowest BCUT2D eigenvalue weighted by Crippen LogP contribution is -2.26. The number of nitrogens with two attached hydrogens (primary N) is 1. The first-order chi connectivity index (χ1) is 11.9. The summed E-state index contributed by atoms with van der Waals surface area (Å²) in [6, 6.07) is 2.96. The third-order valence-electron chi connectivity index (χ3n) is 3.21. The molecule has 0 saturated carbocycles. The van der Waals surface area contributed by atoms with Crippen LogP contribution in [0.1, 0.15) is 24.3 Å². The van der Waals surface area contributed by atoms with E-state index in [1.807, 2.05) is 0 Å². The predicted molar refractivity (Wildman–Crippen MR) is 88.6 cm³/mol. The maximum atomic E-state index is 11.7. The molecule has 2 rings (SSSR count). The van der Waals surface area contributed by atoms with E-state index in [0.29, 0.717) is 5.56 Å². The van der Waals surface area contributed by atoms with Crippen molar-refractivity contribution >= 4 is 23.5 Å². The summed E-state index contributed by atoms with van der Waals surface area (Å²) in [7, 11) is 1.42. The molecule has 134 valence electrons. The molecule has 0 saturated heterocycles. The molecule has 0 aliphatic rings. The molecule has 10 heteroatoms. The standard InChI is InChI=1S/C15H17ClN4O5/c1-4-24-15(22)7(2)25-11-6-9(16)8(5-10(11)23-3)12-13(14(17)21)19-20-18-12/h5-7H,4H2,1-3H3,(H2,17,21)(H,18,19,20). The number of methoxy groups -OCH3 is 1. The van der Waals surface area contributed by atoms with Crippen LogP contribution in [0.5, 0.6) is 11.5 Å². The number of primary amides is 1. The molecule has 1 aromatic carbocycles. The van der Waals surface area contributed by atoms with Crippen molar-refractivity contribution in [3.63, 3.8) is 0 Å². The van der Waals surface area contributed by atoms with Gasteiger partial charge in [-0.05, 0) is 19.9 Å². The van der Waals surface area contributed by atoms with Crippen LogP contribution in [0, 0.1) is 0 Å². The van der Waals surface area contributed by atoms with Crippen molar-refractivity contribution < 1.29 is 23.8 Å². The number of aromatic nitrogens is 3. The molecule has 0 radical (unpaired) electrons. The fraction of sp³-hybridized carbons (Fsp3) is 0.333. The van der Waals surface area contributed by atoms with E-state index in [2.05, 4.69) is 15.4 Å². The summed E-state index contributed by atoms with van der Waals surface area (Å²) in [5.74, 6) is -0.748. The third-order valence-corrected chi connectivity index (χ3v) is 3.52. The Kier molecular flexibility index (Phi) is 5.81. The van der Waals surface area contributed by atoms with Gasteiger partial charge in [0.05, 0.1) is 18.7 Å². The molecule has 0 aliphatic heterocycles. The van der Waals surface area contributed by atoms with Crippen LogP contribution >= 0.6 is 11.6 Å². The summed E-state index contributed by atoms with van der Waals surface area (Å²) in [5.41, 5.74) is 5.76. The van der Waals surface area contributed by atoms with E-state index >= 15 is 0 Å². The van der Waals surface area contributed by atoms with Crippen LogP contribution in [0.4, 0.5) is 0 Å². The Morgan fingerprint density at radius 1 is 1.32 bits per heavy atom. The number of halogens is 1. The topological polar surface area (TPSA) is 129 Å². The van der Waals surface area contributed by atoms with Gasteiger partial charge in [-0.3, -0.25) is 4.79 Å². The molecule has 1 aromatic heterocycles. The summed E-state index contributed by atoms with van der Waals surface area (Å²) in [4.78, 5) is 23.1. The van der Waals surface area contributed by atoms with Crippen LogP contribution in [0.15, 0.2) is 12.1 Å². The predicted octanol–water partition coefficient (Wildman–Crippen LogP) is 1.56. The van der Waals surface area contributed by atoms with Crippen molar-refractivity contribution in [2.75, 3.05) is 13.7 Å². The average Bonchev–Trinajstić information content (AvgIpc) is 3.05. The molecule has 0 bridgehead atoms. The van der Waals surface area contributed by atoms with Gasteiger partial charge >= 0.3 is 5.97 Å². The van der Waals surface area contributed by atoms with Gasteiger partial charge in [-0.2, -0.15) is 15.4 Å². The number of H-pyrrole nitrogens is 1. The number of carbonyl (C=O) groups excluding carboxylic acids is 2. The smallest absolute Gasteiger partial charge is 0.347 e. The van der Waals surface area contributed by atoms with Gasteiger partial charge < -0.3 is 19.9 Å². The lowest BCUT2D eigenvalue weighted by molar-refractivity contribution is -0.150. The third kappa shape index (κ3) is 4.00. The van der Waals surface area contributed by atoms with Crippen molar-refractivity contribution in [2.45, 2.75) is 20.0 Å². The van der Waals surface area contributed by atoms with Crippen molar-refractivity contribution in [1.29, 1.82) is 0 Å².